The van der Waals surface area contributed by atoms with Crippen LogP contribution in [0.25, 0.3) is 0 Å². The fourth-order valence-electron chi connectivity index (χ4n) is 1.01. The van der Waals surface area contributed by atoms with Crippen molar-refractivity contribution < 1.29 is 14.7 Å². The van der Waals surface area contributed by atoms with Gasteiger partial charge in [0.15, 0.2) is 5.82 Å². The lowest BCUT2D eigenvalue weighted by atomic mass is 10.3. The van der Waals surface area contributed by atoms with Crippen LogP contribution in [0.1, 0.15) is 12.8 Å². The predicted molar refractivity (Wildman–Crippen MR) is 55.9 cm³/mol. The second kappa shape index (κ2) is 6.33. The monoisotopic (exact) mass is 224 g/mol. The normalized spacial score (nSPS) is 9.50. The van der Waals surface area contributed by atoms with Crippen molar-refractivity contribution in [3.63, 3.8) is 0 Å². The van der Waals surface area contributed by atoms with Crippen molar-refractivity contribution in [2.24, 2.45) is 0 Å². The van der Waals surface area contributed by atoms with Gasteiger partial charge in [0.25, 0.3) is 0 Å². The van der Waals surface area contributed by atoms with Crippen LogP contribution in [0, 0.1) is 0 Å². The molecule has 0 aliphatic heterocycles. The molecule has 7 nitrogen and oxygen atoms in total. The molecular formula is C9H12N4O3. The molecule has 0 radical (unpaired) electrons. The average molecular weight is 224 g/mol. The maximum atomic E-state index is 11.3. The third kappa shape index (κ3) is 4.89. The van der Waals surface area contributed by atoms with E-state index in [4.69, 9.17) is 5.11 Å². The number of aromatic nitrogens is 2. The van der Waals surface area contributed by atoms with Crippen LogP contribution in [0.3, 0.4) is 0 Å². The van der Waals surface area contributed by atoms with Crippen molar-refractivity contribution in [3.8, 4) is 0 Å². The van der Waals surface area contributed by atoms with E-state index >= 15 is 0 Å². The van der Waals surface area contributed by atoms with Gasteiger partial charge in [0.1, 0.15) is 0 Å². The van der Waals surface area contributed by atoms with Crippen molar-refractivity contribution in [3.05, 3.63) is 18.6 Å². The van der Waals surface area contributed by atoms with Crippen LogP contribution in [0.4, 0.5) is 10.6 Å². The molecule has 1 aromatic heterocycles. The van der Waals surface area contributed by atoms with Crippen molar-refractivity contribution in [1.82, 2.24) is 15.3 Å². The van der Waals surface area contributed by atoms with E-state index in [9.17, 15) is 9.59 Å². The highest BCUT2D eigenvalue weighted by molar-refractivity contribution is 5.89. The fourth-order valence-corrected chi connectivity index (χ4v) is 1.01. The molecule has 16 heavy (non-hydrogen) atoms. The molecule has 0 spiro atoms. The topological polar surface area (TPSA) is 104 Å². The lowest BCUT2D eigenvalue weighted by molar-refractivity contribution is -0.116. The molecule has 3 N–H and O–H groups in total. The zero-order chi connectivity index (χ0) is 11.8. The quantitative estimate of drug-likeness (QED) is 0.630. The van der Waals surface area contributed by atoms with Gasteiger partial charge >= 0.3 is 6.09 Å². The van der Waals surface area contributed by atoms with E-state index in [0.717, 1.165) is 0 Å². The zero-order valence-electron chi connectivity index (χ0n) is 8.51. The number of nitrogens with zero attached hydrogens (tertiary/aromatic N) is 2. The summed E-state index contributed by atoms with van der Waals surface area (Å²) in [6, 6.07) is 0. The highest BCUT2D eigenvalue weighted by Crippen LogP contribution is 1.99. The first-order chi connectivity index (χ1) is 7.68. The predicted octanol–water partition coefficient (Wildman–Crippen LogP) is 0.463. The van der Waals surface area contributed by atoms with Gasteiger partial charge in [-0.15, -0.1) is 0 Å². The van der Waals surface area contributed by atoms with E-state index in [0.29, 0.717) is 12.2 Å². The third-order valence-corrected chi connectivity index (χ3v) is 1.69. The standard InChI is InChI=1S/C9H12N4O3/c14-8(2-1-3-12-9(15)16)13-7-6-10-4-5-11-7/h4-6,12H,1-3H2,(H,15,16)(H,11,13,14). The van der Waals surface area contributed by atoms with Crippen LogP contribution in [-0.4, -0.2) is 33.6 Å². The maximum Gasteiger partial charge on any atom is 0.404 e. The molecule has 0 fully saturated rings. The SMILES string of the molecule is O=C(O)NCCCC(=O)Nc1cnccn1. The Labute approximate surface area is 91.9 Å². The molecule has 0 bridgehead atoms. The van der Waals surface area contributed by atoms with Gasteiger partial charge in [-0.1, -0.05) is 0 Å². The van der Waals surface area contributed by atoms with Crippen LogP contribution in [0.2, 0.25) is 0 Å². The second-order valence-electron chi connectivity index (χ2n) is 2.97. The molecule has 0 aliphatic carbocycles. The van der Waals surface area contributed by atoms with Gasteiger partial charge in [0, 0.05) is 25.4 Å². The van der Waals surface area contributed by atoms with E-state index in [1.165, 1.54) is 18.6 Å². The number of hydrogen-bond donors (Lipinski definition) is 3. The van der Waals surface area contributed by atoms with E-state index in [2.05, 4.69) is 20.6 Å². The fraction of sp³-hybridized carbons (Fsp3) is 0.333. The molecule has 2 amide bonds. The summed E-state index contributed by atoms with van der Waals surface area (Å²) in [6.07, 6.45) is 4.01. The molecule has 7 heteroatoms. The van der Waals surface area contributed by atoms with E-state index in [1.807, 2.05) is 0 Å². The van der Waals surface area contributed by atoms with Crippen molar-refractivity contribution in [2.45, 2.75) is 12.8 Å². The summed E-state index contributed by atoms with van der Waals surface area (Å²) < 4.78 is 0. The number of amides is 2. The number of hydrogen-bond acceptors (Lipinski definition) is 4. The van der Waals surface area contributed by atoms with Crippen LogP contribution in [0.5, 0.6) is 0 Å². The number of anilines is 1. The minimum absolute atomic E-state index is 0.215. The Kier molecular flexibility index (Phi) is 4.71. The largest absolute Gasteiger partial charge is 0.465 e. The summed E-state index contributed by atoms with van der Waals surface area (Å²) in [6.45, 7) is 0.253. The van der Waals surface area contributed by atoms with Gasteiger partial charge in [-0.3, -0.25) is 9.78 Å². The van der Waals surface area contributed by atoms with Gasteiger partial charge in [-0.2, -0.15) is 0 Å². The average Bonchev–Trinajstić information content (AvgIpc) is 2.25. The van der Waals surface area contributed by atoms with Gasteiger partial charge in [-0.25, -0.2) is 9.78 Å². The number of carbonyl (C=O) groups is 2. The second-order valence-corrected chi connectivity index (χ2v) is 2.97. The number of rotatable bonds is 5. The highest BCUT2D eigenvalue weighted by atomic mass is 16.4. The first-order valence-corrected chi connectivity index (χ1v) is 4.71. The van der Waals surface area contributed by atoms with Crippen molar-refractivity contribution >= 4 is 17.8 Å². The van der Waals surface area contributed by atoms with Crippen molar-refractivity contribution in [1.29, 1.82) is 0 Å². The van der Waals surface area contributed by atoms with Gasteiger partial charge in [0.05, 0.1) is 6.20 Å². The molecule has 0 unspecified atom stereocenters. The lowest BCUT2D eigenvalue weighted by Gasteiger charge is -2.03. The highest BCUT2D eigenvalue weighted by Gasteiger charge is 2.03. The van der Waals surface area contributed by atoms with E-state index in [-0.39, 0.29) is 18.9 Å². The molecule has 0 aromatic carbocycles. The Morgan fingerprint density at radius 2 is 2.19 bits per heavy atom. The summed E-state index contributed by atoms with van der Waals surface area (Å²) in [5.41, 5.74) is 0. The molecule has 1 heterocycles. The molecule has 0 aliphatic rings. The maximum absolute atomic E-state index is 11.3. The summed E-state index contributed by atoms with van der Waals surface area (Å²) in [4.78, 5) is 29.1. The van der Waals surface area contributed by atoms with Crippen LogP contribution >= 0.6 is 0 Å². The Morgan fingerprint density at radius 1 is 1.38 bits per heavy atom. The van der Waals surface area contributed by atoms with Gasteiger partial charge in [-0.05, 0) is 6.42 Å². The van der Waals surface area contributed by atoms with Crippen LogP contribution in [0.15, 0.2) is 18.6 Å². The Balaban J connectivity index is 2.19. The third-order valence-electron chi connectivity index (χ3n) is 1.69. The molecule has 0 saturated heterocycles. The first kappa shape index (κ1) is 11.9. The Hall–Kier alpha value is -2.18. The first-order valence-electron chi connectivity index (χ1n) is 4.71. The minimum Gasteiger partial charge on any atom is -0.465 e. The minimum atomic E-state index is -1.09. The number of nitrogens with one attached hydrogen (secondary N) is 2. The van der Waals surface area contributed by atoms with Crippen LogP contribution < -0.4 is 10.6 Å². The molecule has 0 atom stereocenters. The van der Waals surface area contributed by atoms with Crippen molar-refractivity contribution in [2.75, 3.05) is 11.9 Å². The molecule has 0 saturated carbocycles. The molecular weight excluding hydrogens is 212 g/mol. The van der Waals surface area contributed by atoms with E-state index < -0.39 is 6.09 Å². The summed E-state index contributed by atoms with van der Waals surface area (Å²) >= 11 is 0. The van der Waals surface area contributed by atoms with Crippen LogP contribution in [-0.2, 0) is 4.79 Å². The molecule has 1 aromatic rings. The number of carboxylic acid groups (broad SMARTS) is 1. The number of carbonyl (C=O) groups excluding carboxylic acids is 1. The zero-order valence-corrected chi connectivity index (χ0v) is 8.51. The molecule has 1 rings (SSSR count). The summed E-state index contributed by atoms with van der Waals surface area (Å²) in [7, 11) is 0. The van der Waals surface area contributed by atoms with Gasteiger partial charge < -0.3 is 15.7 Å². The molecule has 86 valence electrons. The summed E-state index contributed by atoms with van der Waals surface area (Å²) in [5, 5.41) is 13.0. The Morgan fingerprint density at radius 3 is 2.81 bits per heavy atom. The van der Waals surface area contributed by atoms with Gasteiger partial charge in [0.2, 0.25) is 5.91 Å². The smallest absolute Gasteiger partial charge is 0.404 e. The Bertz CT molecular complexity index is 355. The van der Waals surface area contributed by atoms with E-state index in [1.54, 1.807) is 0 Å². The summed E-state index contributed by atoms with van der Waals surface area (Å²) in [5.74, 6) is 0.173. The lowest BCUT2D eigenvalue weighted by Crippen LogP contribution is -2.23.